The summed E-state index contributed by atoms with van der Waals surface area (Å²) < 4.78 is 22.3. The minimum Gasteiger partial charge on any atom is -0.467 e. The summed E-state index contributed by atoms with van der Waals surface area (Å²) in [5.41, 5.74) is 0.0642. The molecule has 0 saturated carbocycles. The van der Waals surface area contributed by atoms with Crippen LogP contribution >= 0.6 is 0 Å². The first-order chi connectivity index (χ1) is 18.5. The highest BCUT2D eigenvalue weighted by molar-refractivity contribution is 6.21. The third-order valence-electron chi connectivity index (χ3n) is 5.65. The second-order valence-corrected chi connectivity index (χ2v) is 8.14. The molecular formula is C26H21N5O7. The van der Waals surface area contributed by atoms with Crippen molar-refractivity contribution in [3.63, 3.8) is 0 Å². The van der Waals surface area contributed by atoms with Crippen molar-refractivity contribution in [2.45, 2.75) is 12.0 Å². The molecule has 12 heteroatoms. The Kier molecular flexibility index (Phi) is 6.78. The number of ether oxygens (including phenoxy) is 3. The van der Waals surface area contributed by atoms with Gasteiger partial charge < -0.3 is 18.6 Å². The van der Waals surface area contributed by atoms with Crippen LogP contribution in [0.3, 0.4) is 0 Å². The van der Waals surface area contributed by atoms with E-state index >= 15 is 0 Å². The Bertz CT molecular complexity index is 1430. The predicted octanol–water partition coefficient (Wildman–Crippen LogP) is 3.11. The standard InChI is InChI=1S/C26H21N5O7/c1-35-13-11-26(23(32)30-25(34)31-24(26)33)38-19-8-6-18(7-9-19)37-17-4-2-16(3-5-17)22-29-21(14-36-22)20-10-12-27-15-28-20/h2-10,12,14-15H,11,13H2,1H3,(H2,30,31,32,33,34). The zero-order valence-corrected chi connectivity index (χ0v) is 20.0. The van der Waals surface area contributed by atoms with E-state index in [1.54, 1.807) is 48.7 Å². The number of imide groups is 2. The summed E-state index contributed by atoms with van der Waals surface area (Å²) in [7, 11) is 1.43. The van der Waals surface area contributed by atoms with Crippen LogP contribution in [-0.2, 0) is 14.3 Å². The number of carbonyl (C=O) groups excluding carboxylic acids is 3. The minimum atomic E-state index is -1.95. The SMILES string of the molecule is COCCC1(Oc2ccc(Oc3ccc(-c4nc(-c5ccncn5)co4)cc3)cc2)C(=O)NC(=O)NC1=O. The molecule has 2 N–H and O–H groups in total. The predicted molar refractivity (Wildman–Crippen MR) is 131 cm³/mol. The van der Waals surface area contributed by atoms with Crippen molar-refractivity contribution in [2.24, 2.45) is 0 Å². The zero-order chi connectivity index (χ0) is 26.5. The lowest BCUT2D eigenvalue weighted by atomic mass is 9.95. The molecular weight excluding hydrogens is 494 g/mol. The molecule has 1 saturated heterocycles. The van der Waals surface area contributed by atoms with Gasteiger partial charge in [-0.05, 0) is 54.6 Å². The van der Waals surface area contributed by atoms with Crippen molar-refractivity contribution in [3.05, 3.63) is 73.4 Å². The second kappa shape index (κ2) is 10.5. The number of nitrogens with one attached hydrogen (secondary N) is 2. The van der Waals surface area contributed by atoms with E-state index in [0.717, 1.165) is 5.56 Å². The third kappa shape index (κ3) is 5.06. The van der Waals surface area contributed by atoms with Gasteiger partial charge in [-0.3, -0.25) is 20.2 Å². The topological polar surface area (TPSA) is 155 Å². The second-order valence-electron chi connectivity index (χ2n) is 8.14. The molecule has 38 heavy (non-hydrogen) atoms. The highest BCUT2D eigenvalue weighted by atomic mass is 16.5. The molecule has 1 aliphatic rings. The van der Waals surface area contributed by atoms with Gasteiger partial charge in [-0.1, -0.05) is 0 Å². The van der Waals surface area contributed by atoms with Gasteiger partial charge in [0.1, 0.15) is 35.5 Å². The molecule has 0 aliphatic carbocycles. The fraction of sp³-hybridized carbons (Fsp3) is 0.154. The Morgan fingerprint density at radius 1 is 0.868 bits per heavy atom. The molecule has 0 atom stereocenters. The Hall–Kier alpha value is -5.10. The van der Waals surface area contributed by atoms with Crippen LogP contribution in [0.2, 0.25) is 0 Å². The van der Waals surface area contributed by atoms with Crippen LogP contribution in [-0.4, -0.2) is 52.1 Å². The maximum Gasteiger partial charge on any atom is 0.328 e. The van der Waals surface area contributed by atoms with Gasteiger partial charge in [-0.25, -0.2) is 19.7 Å². The van der Waals surface area contributed by atoms with Crippen LogP contribution in [0.4, 0.5) is 4.79 Å². The maximum atomic E-state index is 12.5. The molecule has 2 aromatic carbocycles. The number of carbonyl (C=O) groups is 3. The monoisotopic (exact) mass is 515 g/mol. The first kappa shape index (κ1) is 24.6. The highest BCUT2D eigenvalue weighted by Crippen LogP contribution is 2.30. The Labute approximate surface area is 216 Å². The smallest absolute Gasteiger partial charge is 0.328 e. The Morgan fingerprint density at radius 2 is 1.53 bits per heavy atom. The fourth-order valence-electron chi connectivity index (χ4n) is 3.70. The number of methoxy groups -OCH3 is 1. The van der Waals surface area contributed by atoms with Gasteiger partial charge in [0.05, 0.1) is 12.3 Å². The number of aromatic nitrogens is 3. The van der Waals surface area contributed by atoms with Crippen molar-refractivity contribution in [3.8, 4) is 40.1 Å². The lowest BCUT2D eigenvalue weighted by Crippen LogP contribution is -2.69. The first-order valence-electron chi connectivity index (χ1n) is 11.4. The number of urea groups is 1. The van der Waals surface area contributed by atoms with Gasteiger partial charge in [0.2, 0.25) is 5.89 Å². The van der Waals surface area contributed by atoms with Gasteiger partial charge in [0.15, 0.2) is 0 Å². The summed E-state index contributed by atoms with van der Waals surface area (Å²) in [6.45, 7) is 0.0572. The van der Waals surface area contributed by atoms with Crippen molar-refractivity contribution >= 4 is 17.8 Å². The molecule has 0 spiro atoms. The highest BCUT2D eigenvalue weighted by Gasteiger charge is 2.52. The van der Waals surface area contributed by atoms with Crippen molar-refractivity contribution < 1.29 is 33.0 Å². The normalized spacial score (nSPS) is 14.5. The largest absolute Gasteiger partial charge is 0.467 e. The van der Waals surface area contributed by atoms with Gasteiger partial charge in [-0.2, -0.15) is 0 Å². The number of hydrogen-bond donors (Lipinski definition) is 2. The van der Waals surface area contributed by atoms with Crippen LogP contribution in [0.1, 0.15) is 6.42 Å². The molecule has 0 unspecified atom stereocenters. The molecule has 4 aromatic rings. The van der Waals surface area contributed by atoms with Crippen LogP contribution < -0.4 is 20.1 Å². The molecule has 0 bridgehead atoms. The summed E-state index contributed by atoms with van der Waals surface area (Å²) >= 11 is 0. The van der Waals surface area contributed by atoms with Gasteiger partial charge in [0, 0.05) is 25.3 Å². The number of nitrogens with zero attached hydrogens (tertiary/aromatic N) is 3. The molecule has 1 aliphatic heterocycles. The van der Waals surface area contributed by atoms with Crippen molar-refractivity contribution in [1.29, 1.82) is 0 Å². The van der Waals surface area contributed by atoms with E-state index in [0.29, 0.717) is 28.8 Å². The molecule has 3 heterocycles. The van der Waals surface area contributed by atoms with E-state index in [-0.39, 0.29) is 18.8 Å². The zero-order valence-electron chi connectivity index (χ0n) is 20.0. The molecule has 4 amide bonds. The average molecular weight is 515 g/mol. The van der Waals surface area contributed by atoms with E-state index in [1.807, 2.05) is 12.1 Å². The summed E-state index contributed by atoms with van der Waals surface area (Å²) in [4.78, 5) is 49.1. The van der Waals surface area contributed by atoms with E-state index < -0.39 is 23.4 Å². The fourth-order valence-corrected chi connectivity index (χ4v) is 3.70. The quantitative estimate of drug-likeness (QED) is 0.318. The van der Waals surface area contributed by atoms with Crippen LogP contribution in [0.25, 0.3) is 22.8 Å². The summed E-state index contributed by atoms with van der Waals surface area (Å²) in [6, 6.07) is 14.3. The van der Waals surface area contributed by atoms with Crippen molar-refractivity contribution in [1.82, 2.24) is 25.6 Å². The third-order valence-corrected chi connectivity index (χ3v) is 5.65. The van der Waals surface area contributed by atoms with Gasteiger partial charge >= 0.3 is 6.03 Å². The first-order valence-corrected chi connectivity index (χ1v) is 11.4. The number of hydrogen-bond acceptors (Lipinski definition) is 10. The molecule has 12 nitrogen and oxygen atoms in total. The lowest BCUT2D eigenvalue weighted by Gasteiger charge is -2.34. The van der Waals surface area contributed by atoms with E-state index in [2.05, 4.69) is 25.6 Å². The average Bonchev–Trinajstić information content (AvgIpc) is 3.42. The molecule has 5 rings (SSSR count). The van der Waals surface area contributed by atoms with Crippen LogP contribution in [0.15, 0.2) is 77.8 Å². The Morgan fingerprint density at radius 3 is 2.16 bits per heavy atom. The molecule has 2 aromatic heterocycles. The number of rotatable bonds is 9. The number of oxazole rings is 1. The number of amides is 4. The summed E-state index contributed by atoms with van der Waals surface area (Å²) in [5.74, 6) is -0.00622. The molecule has 1 fully saturated rings. The van der Waals surface area contributed by atoms with Gasteiger partial charge in [-0.15, -0.1) is 0 Å². The number of barbiturate groups is 1. The lowest BCUT2D eigenvalue weighted by molar-refractivity contribution is -0.153. The van der Waals surface area contributed by atoms with E-state index in [4.69, 9.17) is 18.6 Å². The van der Waals surface area contributed by atoms with Crippen molar-refractivity contribution in [2.75, 3.05) is 13.7 Å². The van der Waals surface area contributed by atoms with E-state index in [9.17, 15) is 14.4 Å². The van der Waals surface area contributed by atoms with Crippen LogP contribution in [0, 0.1) is 0 Å². The van der Waals surface area contributed by atoms with Gasteiger partial charge in [0.25, 0.3) is 17.4 Å². The molecule has 192 valence electrons. The molecule has 0 radical (unpaired) electrons. The van der Waals surface area contributed by atoms with Crippen LogP contribution in [0.5, 0.6) is 17.2 Å². The number of benzene rings is 2. The minimum absolute atomic E-state index is 0.0572. The van der Waals surface area contributed by atoms with E-state index in [1.165, 1.54) is 19.7 Å². The maximum absolute atomic E-state index is 12.5. The Balaban J connectivity index is 1.26. The summed E-state index contributed by atoms with van der Waals surface area (Å²) in [5, 5.41) is 4.14. The summed E-state index contributed by atoms with van der Waals surface area (Å²) in [6.07, 6.45) is 4.51.